The van der Waals surface area contributed by atoms with Gasteiger partial charge in [0.05, 0.1) is 5.69 Å². The van der Waals surface area contributed by atoms with Crippen molar-refractivity contribution in [2.24, 2.45) is 10.2 Å². The van der Waals surface area contributed by atoms with E-state index in [0.717, 1.165) is 5.01 Å². The summed E-state index contributed by atoms with van der Waals surface area (Å²) in [5, 5.41) is 37.0. The molecule has 0 aliphatic rings. The maximum absolute atomic E-state index is 11.4. The van der Waals surface area contributed by atoms with Gasteiger partial charge in [-0.1, -0.05) is 66.7 Å². The summed E-state index contributed by atoms with van der Waals surface area (Å²) < 4.78 is 3.11. The van der Waals surface area contributed by atoms with Crippen molar-refractivity contribution in [2.75, 3.05) is 0 Å². The molecule has 1 N–H and O–H groups in total. The van der Waals surface area contributed by atoms with Crippen LogP contribution in [0.2, 0.25) is 0 Å². The van der Waals surface area contributed by atoms with Crippen LogP contribution in [0.25, 0.3) is 5.65 Å². The largest absolute Gasteiger partial charge is 0.480 e. The van der Waals surface area contributed by atoms with E-state index >= 15 is 0 Å². The maximum Gasteiger partial charge on any atom is 0.325 e. The molecule has 0 atom stereocenters. The maximum atomic E-state index is 11.4. The van der Waals surface area contributed by atoms with Gasteiger partial charge < -0.3 is 5.11 Å². The first-order valence-electron chi connectivity index (χ1n) is 9.76. The molecular weight excluding hydrogens is 404 g/mol. The number of nitrogens with zero attached hydrogens (tertiary/aromatic N) is 8. The molecule has 0 aliphatic carbocycles. The SMILES string of the molecule is CC(C)c1nn(CC(=O)O)c2c(N=Nc3nnc(C(C)(C)C)s3)c(C(C)(C)C)nn12. The molecule has 0 saturated heterocycles. The predicted octanol–water partition coefficient (Wildman–Crippen LogP) is 4.60. The third-order valence-electron chi connectivity index (χ3n) is 4.32. The lowest BCUT2D eigenvalue weighted by Gasteiger charge is -2.15. The number of fused-ring (bicyclic) bond motifs is 1. The minimum atomic E-state index is -0.990. The van der Waals surface area contributed by atoms with Gasteiger partial charge in [0, 0.05) is 16.7 Å². The van der Waals surface area contributed by atoms with Gasteiger partial charge in [-0.05, 0) is 0 Å². The molecule has 30 heavy (non-hydrogen) atoms. The molecule has 0 amide bonds. The first-order valence-corrected chi connectivity index (χ1v) is 10.6. The summed E-state index contributed by atoms with van der Waals surface area (Å²) >= 11 is 1.38. The van der Waals surface area contributed by atoms with Crippen LogP contribution < -0.4 is 0 Å². The molecule has 3 heterocycles. The number of carboxylic acids is 1. The van der Waals surface area contributed by atoms with Crippen molar-refractivity contribution in [1.29, 1.82) is 0 Å². The van der Waals surface area contributed by atoms with Crippen LogP contribution in [0.3, 0.4) is 0 Å². The van der Waals surface area contributed by atoms with E-state index in [4.69, 9.17) is 5.10 Å². The molecule has 10 nitrogen and oxygen atoms in total. The predicted molar refractivity (Wildman–Crippen MR) is 114 cm³/mol. The fourth-order valence-corrected chi connectivity index (χ4v) is 3.58. The Kier molecular flexibility index (Phi) is 5.52. The van der Waals surface area contributed by atoms with Crippen molar-refractivity contribution < 1.29 is 9.90 Å². The number of azo groups is 1. The van der Waals surface area contributed by atoms with E-state index in [1.165, 1.54) is 16.0 Å². The molecule has 0 unspecified atom stereocenters. The summed E-state index contributed by atoms with van der Waals surface area (Å²) in [7, 11) is 0. The van der Waals surface area contributed by atoms with Gasteiger partial charge in [0.1, 0.15) is 11.6 Å². The summed E-state index contributed by atoms with van der Waals surface area (Å²) in [5.74, 6) is -0.266. The summed E-state index contributed by atoms with van der Waals surface area (Å²) in [6.45, 7) is 16.0. The molecule has 0 aromatic carbocycles. The van der Waals surface area contributed by atoms with Crippen molar-refractivity contribution in [2.45, 2.75) is 78.7 Å². The van der Waals surface area contributed by atoms with E-state index in [2.05, 4.69) is 46.3 Å². The average Bonchev–Trinajstić information content (AvgIpc) is 3.26. The highest BCUT2D eigenvalue weighted by molar-refractivity contribution is 7.15. The minimum Gasteiger partial charge on any atom is -0.480 e. The average molecular weight is 433 g/mol. The Morgan fingerprint density at radius 3 is 2.23 bits per heavy atom. The van der Waals surface area contributed by atoms with E-state index in [0.29, 0.717) is 28.0 Å². The minimum absolute atomic E-state index is 0.0533. The van der Waals surface area contributed by atoms with E-state index in [-0.39, 0.29) is 23.3 Å². The van der Waals surface area contributed by atoms with Crippen LogP contribution in [0.5, 0.6) is 0 Å². The van der Waals surface area contributed by atoms with Crippen LogP contribution in [0.15, 0.2) is 10.2 Å². The van der Waals surface area contributed by atoms with Crippen molar-refractivity contribution >= 4 is 33.8 Å². The summed E-state index contributed by atoms with van der Waals surface area (Å²) in [5.41, 5.74) is 1.26. The van der Waals surface area contributed by atoms with Gasteiger partial charge in [-0.3, -0.25) is 4.79 Å². The third kappa shape index (κ3) is 4.25. The van der Waals surface area contributed by atoms with E-state index in [9.17, 15) is 9.90 Å². The Morgan fingerprint density at radius 1 is 1.07 bits per heavy atom. The first kappa shape index (κ1) is 22.0. The molecule has 3 aromatic heterocycles. The second-order valence-corrected chi connectivity index (χ2v) is 10.5. The van der Waals surface area contributed by atoms with E-state index in [1.807, 2.05) is 34.6 Å². The number of aliphatic carboxylic acids is 1. The monoisotopic (exact) mass is 432 g/mol. The molecule has 0 aliphatic heterocycles. The summed E-state index contributed by atoms with van der Waals surface area (Å²) in [6.07, 6.45) is 0. The second kappa shape index (κ2) is 7.53. The van der Waals surface area contributed by atoms with Gasteiger partial charge in [-0.25, -0.2) is 4.68 Å². The van der Waals surface area contributed by atoms with Gasteiger partial charge in [0.25, 0.3) is 5.13 Å². The molecule has 11 heteroatoms. The van der Waals surface area contributed by atoms with Gasteiger partial charge in [-0.15, -0.1) is 20.4 Å². The third-order valence-corrected chi connectivity index (χ3v) is 5.56. The number of aromatic nitrogens is 6. The number of carboxylic acid groups (broad SMARTS) is 1. The molecule has 0 bridgehead atoms. The number of hydrogen-bond donors (Lipinski definition) is 1. The Hall–Kier alpha value is -2.69. The molecule has 0 spiro atoms. The fraction of sp³-hybridized carbons (Fsp3) is 0.632. The lowest BCUT2D eigenvalue weighted by Crippen LogP contribution is -2.14. The van der Waals surface area contributed by atoms with Gasteiger partial charge >= 0.3 is 5.97 Å². The smallest absolute Gasteiger partial charge is 0.325 e. The second-order valence-electron chi connectivity index (χ2n) is 9.59. The van der Waals surface area contributed by atoms with Crippen molar-refractivity contribution in [3.8, 4) is 0 Å². The number of carbonyl (C=O) groups is 1. The molecule has 0 radical (unpaired) electrons. The van der Waals surface area contributed by atoms with Gasteiger partial charge in [-0.2, -0.15) is 14.7 Å². The lowest BCUT2D eigenvalue weighted by atomic mass is 9.91. The molecule has 0 fully saturated rings. The standard InChI is InChI=1S/C19H28N8O2S/c1-10(2)14-25-26(9-11(28)29)15-12(13(18(3,4)5)24-27(14)15)20-22-17-23-21-16(30-17)19(6,7)8/h10H,9H2,1-8H3,(H,28,29). The molecule has 3 aromatic rings. The van der Waals surface area contributed by atoms with Crippen LogP contribution in [-0.2, 0) is 22.2 Å². The highest BCUT2D eigenvalue weighted by Gasteiger charge is 2.30. The van der Waals surface area contributed by atoms with Gasteiger partial charge in [0.15, 0.2) is 17.2 Å². The Balaban J connectivity index is 2.20. The quantitative estimate of drug-likeness (QED) is 0.588. The highest BCUT2D eigenvalue weighted by atomic mass is 32.1. The van der Waals surface area contributed by atoms with Crippen molar-refractivity contribution in [3.05, 3.63) is 16.5 Å². The van der Waals surface area contributed by atoms with Crippen LogP contribution in [0.1, 0.15) is 77.8 Å². The van der Waals surface area contributed by atoms with Crippen LogP contribution in [0.4, 0.5) is 10.8 Å². The summed E-state index contributed by atoms with van der Waals surface area (Å²) in [4.78, 5) is 11.4. The normalized spacial score (nSPS) is 13.2. The lowest BCUT2D eigenvalue weighted by molar-refractivity contribution is -0.137. The number of hydrogen-bond acceptors (Lipinski definition) is 8. The Morgan fingerprint density at radius 2 is 1.73 bits per heavy atom. The highest BCUT2D eigenvalue weighted by Crippen LogP contribution is 2.37. The number of rotatable bonds is 5. The Bertz CT molecular complexity index is 1110. The molecule has 162 valence electrons. The topological polar surface area (TPSA) is 123 Å². The first-order chi connectivity index (χ1) is 13.8. The fourth-order valence-electron chi connectivity index (χ4n) is 2.85. The zero-order valence-corrected chi connectivity index (χ0v) is 19.4. The van der Waals surface area contributed by atoms with Crippen molar-refractivity contribution in [3.63, 3.8) is 0 Å². The van der Waals surface area contributed by atoms with Crippen LogP contribution in [0, 0.1) is 0 Å². The Labute approximate surface area is 179 Å². The molecule has 0 saturated carbocycles. The van der Waals surface area contributed by atoms with Gasteiger partial charge in [0.2, 0.25) is 0 Å². The molecule has 3 rings (SSSR count). The molecular formula is C19H28N8O2S. The summed E-state index contributed by atoms with van der Waals surface area (Å²) in [6, 6.07) is 0. The van der Waals surface area contributed by atoms with Crippen molar-refractivity contribution in [1.82, 2.24) is 29.6 Å². The van der Waals surface area contributed by atoms with Crippen LogP contribution >= 0.6 is 11.3 Å². The van der Waals surface area contributed by atoms with E-state index < -0.39 is 5.97 Å². The van der Waals surface area contributed by atoms with Crippen LogP contribution in [-0.4, -0.2) is 40.7 Å². The van der Waals surface area contributed by atoms with E-state index in [1.54, 1.807) is 4.52 Å². The zero-order valence-electron chi connectivity index (χ0n) is 18.6. The zero-order chi connectivity index (χ0) is 22.4.